The van der Waals surface area contributed by atoms with Crippen LogP contribution in [0.4, 0.5) is 5.69 Å². The lowest BCUT2D eigenvalue weighted by Gasteiger charge is -2.16. The van der Waals surface area contributed by atoms with E-state index in [1.54, 1.807) is 30.3 Å². The first-order valence-electron chi connectivity index (χ1n) is 9.36. The van der Waals surface area contributed by atoms with Crippen LogP contribution in [0.5, 0.6) is 11.5 Å². The Bertz CT molecular complexity index is 1000. The number of rotatable bonds is 9. The molecular formula is C23H21Cl2NO4. The maximum absolute atomic E-state index is 11.0. The van der Waals surface area contributed by atoms with Gasteiger partial charge in [-0.1, -0.05) is 35.3 Å². The molecule has 0 atom stereocenters. The molecule has 0 saturated carbocycles. The van der Waals surface area contributed by atoms with Crippen LogP contribution in [-0.2, 0) is 13.2 Å². The Balaban J connectivity index is 1.71. The molecule has 0 radical (unpaired) electrons. The molecule has 3 rings (SSSR count). The minimum atomic E-state index is -0.958. The van der Waals surface area contributed by atoms with Crippen molar-refractivity contribution in [2.45, 2.75) is 20.1 Å². The number of hydrogen-bond donors (Lipinski definition) is 2. The molecule has 0 bridgehead atoms. The Hall–Kier alpha value is -2.89. The maximum Gasteiger partial charge on any atom is 0.335 e. The molecule has 3 aromatic carbocycles. The van der Waals surface area contributed by atoms with Gasteiger partial charge in [0.25, 0.3) is 0 Å². The molecular weight excluding hydrogens is 425 g/mol. The topological polar surface area (TPSA) is 67.8 Å². The van der Waals surface area contributed by atoms with Crippen molar-refractivity contribution >= 4 is 34.9 Å². The fraction of sp³-hybridized carbons (Fsp3) is 0.174. The van der Waals surface area contributed by atoms with E-state index in [2.05, 4.69) is 5.32 Å². The van der Waals surface area contributed by atoms with Crippen LogP contribution in [0.2, 0.25) is 10.0 Å². The van der Waals surface area contributed by atoms with Crippen molar-refractivity contribution in [2.24, 2.45) is 0 Å². The molecule has 0 heterocycles. The van der Waals surface area contributed by atoms with Gasteiger partial charge in [0.2, 0.25) is 0 Å². The summed E-state index contributed by atoms with van der Waals surface area (Å²) in [5, 5.41) is 13.4. The molecule has 0 unspecified atom stereocenters. The molecule has 0 spiro atoms. The lowest BCUT2D eigenvalue weighted by atomic mass is 10.1. The molecule has 0 aliphatic heterocycles. The molecule has 2 N–H and O–H groups in total. The summed E-state index contributed by atoms with van der Waals surface area (Å²) in [6.45, 7) is 3.20. The molecule has 0 saturated heterocycles. The normalized spacial score (nSPS) is 10.5. The molecule has 3 aromatic rings. The third-order valence-corrected chi connectivity index (χ3v) is 4.94. The van der Waals surface area contributed by atoms with E-state index in [0.29, 0.717) is 41.3 Å². The van der Waals surface area contributed by atoms with Gasteiger partial charge in [0.05, 0.1) is 12.2 Å². The first kappa shape index (κ1) is 21.8. The zero-order chi connectivity index (χ0) is 21.5. The quantitative estimate of drug-likeness (QED) is 0.405. The van der Waals surface area contributed by atoms with Gasteiger partial charge in [0.15, 0.2) is 11.5 Å². The van der Waals surface area contributed by atoms with E-state index in [-0.39, 0.29) is 5.56 Å². The molecule has 0 aliphatic rings. The average Bonchev–Trinajstić information content (AvgIpc) is 2.74. The van der Waals surface area contributed by atoms with Crippen molar-refractivity contribution in [2.75, 3.05) is 11.9 Å². The van der Waals surface area contributed by atoms with Crippen LogP contribution in [0.15, 0.2) is 60.7 Å². The number of hydrogen-bond acceptors (Lipinski definition) is 4. The number of nitrogens with one attached hydrogen (secondary N) is 1. The predicted octanol–water partition coefficient (Wildman–Crippen LogP) is 6.28. The first-order chi connectivity index (χ1) is 14.5. The van der Waals surface area contributed by atoms with Gasteiger partial charge in [-0.15, -0.1) is 0 Å². The lowest BCUT2D eigenvalue weighted by molar-refractivity contribution is 0.0697. The fourth-order valence-electron chi connectivity index (χ4n) is 2.76. The van der Waals surface area contributed by atoms with Crippen molar-refractivity contribution in [1.29, 1.82) is 0 Å². The van der Waals surface area contributed by atoms with Crippen molar-refractivity contribution in [3.05, 3.63) is 87.4 Å². The second-order valence-corrected chi connectivity index (χ2v) is 7.32. The summed E-state index contributed by atoms with van der Waals surface area (Å²) in [6.07, 6.45) is 0. The Kier molecular flexibility index (Phi) is 7.44. The SMILES string of the molecule is CCOc1cc(CNc2ccc(C(=O)O)cc2)c(Cl)cc1OCc1ccc(Cl)cc1. The van der Waals surface area contributed by atoms with Crippen LogP contribution in [0.3, 0.4) is 0 Å². The highest BCUT2D eigenvalue weighted by molar-refractivity contribution is 6.31. The van der Waals surface area contributed by atoms with E-state index >= 15 is 0 Å². The first-order valence-corrected chi connectivity index (χ1v) is 10.1. The predicted molar refractivity (Wildman–Crippen MR) is 119 cm³/mol. The van der Waals surface area contributed by atoms with Crippen LogP contribution in [0.1, 0.15) is 28.4 Å². The van der Waals surface area contributed by atoms with Crippen LogP contribution in [0.25, 0.3) is 0 Å². The third-order valence-electron chi connectivity index (χ3n) is 4.34. The van der Waals surface area contributed by atoms with E-state index in [1.807, 2.05) is 37.3 Å². The third kappa shape index (κ3) is 5.81. The van der Waals surface area contributed by atoms with E-state index < -0.39 is 5.97 Å². The van der Waals surface area contributed by atoms with Gasteiger partial charge in [-0.2, -0.15) is 0 Å². The zero-order valence-electron chi connectivity index (χ0n) is 16.3. The summed E-state index contributed by atoms with van der Waals surface area (Å²) < 4.78 is 11.7. The standard InChI is InChI=1S/C23H21Cl2NO4/c1-2-29-21-11-17(13-26-19-9-5-16(6-10-19)23(27)28)20(25)12-22(21)30-14-15-3-7-18(24)8-4-15/h3-12,26H,2,13-14H2,1H3,(H,27,28). The largest absolute Gasteiger partial charge is 0.490 e. The highest BCUT2D eigenvalue weighted by Crippen LogP contribution is 2.34. The number of carboxylic acids is 1. The summed E-state index contributed by atoms with van der Waals surface area (Å²) in [5.41, 5.74) is 2.84. The smallest absolute Gasteiger partial charge is 0.335 e. The minimum absolute atomic E-state index is 0.236. The molecule has 0 aliphatic carbocycles. The highest BCUT2D eigenvalue weighted by atomic mass is 35.5. The summed E-state index contributed by atoms with van der Waals surface area (Å²) in [5.74, 6) is 0.209. The summed E-state index contributed by atoms with van der Waals surface area (Å²) >= 11 is 12.4. The molecule has 0 amide bonds. The Morgan fingerprint density at radius 3 is 2.27 bits per heavy atom. The van der Waals surface area contributed by atoms with Crippen LogP contribution >= 0.6 is 23.2 Å². The van der Waals surface area contributed by atoms with Crippen molar-refractivity contribution in [3.63, 3.8) is 0 Å². The van der Waals surface area contributed by atoms with E-state index in [4.69, 9.17) is 37.8 Å². The van der Waals surface area contributed by atoms with Crippen LogP contribution < -0.4 is 14.8 Å². The number of carbonyl (C=O) groups is 1. The highest BCUT2D eigenvalue weighted by Gasteiger charge is 2.12. The minimum Gasteiger partial charge on any atom is -0.490 e. The van der Waals surface area contributed by atoms with Crippen LogP contribution in [0, 0.1) is 0 Å². The summed E-state index contributed by atoms with van der Waals surface area (Å²) in [7, 11) is 0. The molecule has 0 aromatic heterocycles. The zero-order valence-corrected chi connectivity index (χ0v) is 17.8. The number of ether oxygens (including phenoxy) is 2. The number of halogens is 2. The van der Waals surface area contributed by atoms with Gasteiger partial charge in [-0.25, -0.2) is 4.79 Å². The molecule has 7 heteroatoms. The summed E-state index contributed by atoms with van der Waals surface area (Å²) in [6, 6.07) is 17.5. The second kappa shape index (κ2) is 10.2. The molecule has 5 nitrogen and oxygen atoms in total. The summed E-state index contributed by atoms with van der Waals surface area (Å²) in [4.78, 5) is 11.0. The second-order valence-electron chi connectivity index (χ2n) is 6.47. The van der Waals surface area contributed by atoms with Crippen molar-refractivity contribution in [1.82, 2.24) is 0 Å². The number of benzene rings is 3. The van der Waals surface area contributed by atoms with Gasteiger partial charge in [-0.3, -0.25) is 0 Å². The van der Waals surface area contributed by atoms with E-state index in [0.717, 1.165) is 16.8 Å². The van der Waals surface area contributed by atoms with E-state index in [9.17, 15) is 4.79 Å². The van der Waals surface area contributed by atoms with Crippen molar-refractivity contribution in [3.8, 4) is 11.5 Å². The monoisotopic (exact) mass is 445 g/mol. The van der Waals surface area contributed by atoms with Gasteiger partial charge in [-0.05, 0) is 60.5 Å². The van der Waals surface area contributed by atoms with Crippen LogP contribution in [-0.4, -0.2) is 17.7 Å². The molecule has 156 valence electrons. The Morgan fingerprint density at radius 1 is 0.967 bits per heavy atom. The van der Waals surface area contributed by atoms with Gasteiger partial charge < -0.3 is 19.9 Å². The van der Waals surface area contributed by atoms with Crippen molar-refractivity contribution < 1.29 is 19.4 Å². The Morgan fingerprint density at radius 2 is 1.63 bits per heavy atom. The van der Waals surface area contributed by atoms with Gasteiger partial charge in [0.1, 0.15) is 6.61 Å². The fourth-order valence-corrected chi connectivity index (χ4v) is 3.11. The number of anilines is 1. The average molecular weight is 446 g/mol. The lowest BCUT2D eigenvalue weighted by Crippen LogP contribution is -2.04. The van der Waals surface area contributed by atoms with Gasteiger partial charge >= 0.3 is 5.97 Å². The molecule has 30 heavy (non-hydrogen) atoms. The maximum atomic E-state index is 11.0. The molecule has 0 fully saturated rings. The Labute approximate surface area is 185 Å². The van der Waals surface area contributed by atoms with E-state index in [1.165, 1.54) is 0 Å². The van der Waals surface area contributed by atoms with Gasteiger partial charge in [0, 0.05) is 28.3 Å². The number of carboxylic acid groups (broad SMARTS) is 1. The number of aromatic carboxylic acids is 1.